The molecular weight excluding hydrogens is 252 g/mol. The van der Waals surface area contributed by atoms with Gasteiger partial charge in [-0.15, -0.1) is 0 Å². The molecule has 18 heavy (non-hydrogen) atoms. The van der Waals surface area contributed by atoms with E-state index in [0.29, 0.717) is 12.2 Å². The average Bonchev–Trinajstić information content (AvgIpc) is 2.27. The van der Waals surface area contributed by atoms with Gasteiger partial charge in [0, 0.05) is 6.54 Å². The smallest absolute Gasteiger partial charge is 0.266 e. The van der Waals surface area contributed by atoms with Crippen LogP contribution in [-0.4, -0.2) is 46.5 Å². The van der Waals surface area contributed by atoms with E-state index in [0.717, 1.165) is 6.54 Å². The van der Waals surface area contributed by atoms with Gasteiger partial charge in [0.25, 0.3) is 10.0 Å². The van der Waals surface area contributed by atoms with E-state index < -0.39 is 10.0 Å². The maximum absolute atomic E-state index is 11.9. The van der Waals surface area contributed by atoms with Crippen LogP contribution >= 0.6 is 0 Å². The molecule has 0 saturated carbocycles. The number of nitrogens with zero attached hydrogens (tertiary/aromatic N) is 2. The van der Waals surface area contributed by atoms with Crippen LogP contribution in [0, 0.1) is 0 Å². The van der Waals surface area contributed by atoms with Crippen LogP contribution in [0.5, 0.6) is 0 Å². The van der Waals surface area contributed by atoms with Gasteiger partial charge >= 0.3 is 0 Å². The summed E-state index contributed by atoms with van der Waals surface area (Å²) < 4.78 is 26.3. The zero-order valence-corrected chi connectivity index (χ0v) is 11.2. The Labute approximate surface area is 107 Å². The minimum atomic E-state index is -3.50. The Morgan fingerprint density at radius 2 is 2.00 bits per heavy atom. The first kappa shape index (κ1) is 12.8. The Morgan fingerprint density at radius 3 is 2.72 bits per heavy atom. The van der Waals surface area contributed by atoms with Crippen LogP contribution in [0.3, 0.4) is 0 Å². The van der Waals surface area contributed by atoms with E-state index in [1.165, 1.54) is 0 Å². The normalized spacial score (nSPS) is 19.2. The van der Waals surface area contributed by atoms with Crippen molar-refractivity contribution >= 4 is 21.7 Å². The van der Waals surface area contributed by atoms with Gasteiger partial charge in [0.15, 0.2) is 0 Å². The number of fused-ring (bicyclic) bond motifs is 1. The highest BCUT2D eigenvalue weighted by molar-refractivity contribution is 7.90. The second-order valence-corrected chi connectivity index (χ2v) is 5.91. The van der Waals surface area contributed by atoms with Crippen LogP contribution in [0.2, 0.25) is 0 Å². The lowest BCUT2D eigenvalue weighted by molar-refractivity contribution is 0.420. The third-order valence-electron chi connectivity index (χ3n) is 2.48. The molecule has 1 aliphatic rings. The zero-order valence-electron chi connectivity index (χ0n) is 10.3. The summed E-state index contributed by atoms with van der Waals surface area (Å²) >= 11 is 0. The van der Waals surface area contributed by atoms with Crippen molar-refractivity contribution < 1.29 is 8.42 Å². The fraction of sp³-hybridized carbons (Fsp3) is 0.364. The molecule has 1 aliphatic heterocycles. The molecule has 0 unspecified atom stereocenters. The SMILES string of the molecule is CN(C)CCN=C1Nc2ccccc2S(=O)(=O)N1. The Morgan fingerprint density at radius 1 is 1.28 bits per heavy atom. The largest absolute Gasteiger partial charge is 0.324 e. The fourth-order valence-electron chi connectivity index (χ4n) is 1.57. The van der Waals surface area contributed by atoms with E-state index in [1.54, 1.807) is 24.3 Å². The van der Waals surface area contributed by atoms with Gasteiger partial charge in [-0.1, -0.05) is 12.1 Å². The number of hydrogen-bond acceptors (Lipinski definition) is 4. The predicted molar refractivity (Wildman–Crippen MR) is 71.2 cm³/mol. The minimum absolute atomic E-state index is 0.247. The first-order valence-electron chi connectivity index (χ1n) is 5.57. The van der Waals surface area contributed by atoms with Crippen LogP contribution in [0.15, 0.2) is 34.2 Å². The van der Waals surface area contributed by atoms with Gasteiger partial charge in [0.2, 0.25) is 5.96 Å². The van der Waals surface area contributed by atoms with E-state index in [-0.39, 0.29) is 10.9 Å². The van der Waals surface area contributed by atoms with Crippen molar-refractivity contribution in [1.82, 2.24) is 9.62 Å². The number of benzene rings is 1. The minimum Gasteiger partial charge on any atom is -0.324 e. The van der Waals surface area contributed by atoms with Crippen molar-refractivity contribution in [2.75, 3.05) is 32.5 Å². The van der Waals surface area contributed by atoms with E-state index >= 15 is 0 Å². The number of guanidine groups is 1. The van der Waals surface area contributed by atoms with Crippen LogP contribution in [-0.2, 0) is 10.0 Å². The van der Waals surface area contributed by atoms with Crippen molar-refractivity contribution in [2.45, 2.75) is 4.90 Å². The Kier molecular flexibility index (Phi) is 3.53. The monoisotopic (exact) mass is 268 g/mol. The molecule has 1 aromatic carbocycles. The van der Waals surface area contributed by atoms with E-state index in [1.807, 2.05) is 19.0 Å². The number of rotatable bonds is 3. The molecule has 0 fully saturated rings. The summed E-state index contributed by atoms with van der Waals surface area (Å²) in [6, 6.07) is 6.74. The summed E-state index contributed by atoms with van der Waals surface area (Å²) in [6.45, 7) is 1.29. The van der Waals surface area contributed by atoms with Crippen LogP contribution < -0.4 is 10.0 Å². The lowest BCUT2D eigenvalue weighted by Gasteiger charge is -2.21. The van der Waals surface area contributed by atoms with Gasteiger partial charge in [-0.25, -0.2) is 13.1 Å². The summed E-state index contributed by atoms with van der Waals surface area (Å²) in [6.07, 6.45) is 0. The molecule has 98 valence electrons. The lowest BCUT2D eigenvalue weighted by Crippen LogP contribution is -2.41. The molecule has 0 amide bonds. The molecule has 0 spiro atoms. The molecule has 1 heterocycles. The quantitative estimate of drug-likeness (QED) is 0.827. The number of hydrogen-bond donors (Lipinski definition) is 2. The summed E-state index contributed by atoms with van der Waals surface area (Å²) in [4.78, 5) is 6.42. The number of likely N-dealkylation sites (N-methyl/N-ethyl adjacent to an activating group) is 1. The van der Waals surface area contributed by atoms with Crippen molar-refractivity contribution in [3.8, 4) is 0 Å². The summed E-state index contributed by atoms with van der Waals surface area (Å²) in [7, 11) is 0.378. The summed E-state index contributed by atoms with van der Waals surface area (Å²) in [5, 5.41) is 2.97. The maximum atomic E-state index is 11.9. The zero-order chi connectivity index (χ0) is 13.2. The third-order valence-corrected chi connectivity index (χ3v) is 3.87. The van der Waals surface area contributed by atoms with Crippen molar-refractivity contribution in [2.24, 2.45) is 4.99 Å². The molecule has 6 nitrogen and oxygen atoms in total. The Hall–Kier alpha value is -1.60. The third kappa shape index (κ3) is 2.80. The van der Waals surface area contributed by atoms with Crippen LogP contribution in [0.1, 0.15) is 0 Å². The number of nitrogens with one attached hydrogen (secondary N) is 2. The number of aliphatic imine (C=N–C) groups is 1. The molecule has 0 bridgehead atoms. The predicted octanol–water partition coefficient (Wildman–Crippen LogP) is 0.308. The van der Waals surface area contributed by atoms with Crippen LogP contribution in [0.25, 0.3) is 0 Å². The van der Waals surface area contributed by atoms with Gasteiger partial charge < -0.3 is 10.2 Å². The topological polar surface area (TPSA) is 73.8 Å². The lowest BCUT2D eigenvalue weighted by atomic mass is 10.3. The molecule has 0 aliphatic carbocycles. The Bertz CT molecular complexity index is 566. The second-order valence-electron chi connectivity index (χ2n) is 4.26. The van der Waals surface area contributed by atoms with Crippen LogP contribution in [0.4, 0.5) is 5.69 Å². The molecule has 0 saturated heterocycles. The summed E-state index contributed by atoms with van der Waals surface area (Å²) in [5.74, 6) is 0.274. The van der Waals surface area contributed by atoms with Gasteiger partial charge in [0.05, 0.1) is 12.2 Å². The first-order chi connectivity index (χ1) is 8.49. The van der Waals surface area contributed by atoms with E-state index in [4.69, 9.17) is 0 Å². The molecule has 0 radical (unpaired) electrons. The number of anilines is 1. The molecule has 2 N–H and O–H groups in total. The number of sulfonamides is 1. The van der Waals surface area contributed by atoms with Crippen molar-refractivity contribution in [3.05, 3.63) is 24.3 Å². The standard InChI is InChI=1S/C11H16N4O2S/c1-15(2)8-7-12-11-13-9-5-3-4-6-10(9)18(16,17)14-11/h3-6H,7-8H2,1-2H3,(H2,12,13,14). The molecule has 0 atom stereocenters. The molecule has 2 rings (SSSR count). The molecular formula is C11H16N4O2S. The second kappa shape index (κ2) is 4.95. The highest BCUT2D eigenvalue weighted by atomic mass is 32.2. The van der Waals surface area contributed by atoms with E-state index in [2.05, 4.69) is 15.0 Å². The van der Waals surface area contributed by atoms with Gasteiger partial charge in [-0.2, -0.15) is 0 Å². The highest BCUT2D eigenvalue weighted by Crippen LogP contribution is 2.23. The molecule has 1 aromatic rings. The van der Waals surface area contributed by atoms with Crippen molar-refractivity contribution in [1.29, 1.82) is 0 Å². The maximum Gasteiger partial charge on any atom is 0.266 e. The van der Waals surface area contributed by atoms with Crippen molar-refractivity contribution in [3.63, 3.8) is 0 Å². The first-order valence-corrected chi connectivity index (χ1v) is 7.05. The average molecular weight is 268 g/mol. The highest BCUT2D eigenvalue weighted by Gasteiger charge is 2.25. The van der Waals surface area contributed by atoms with Gasteiger partial charge in [-0.05, 0) is 26.2 Å². The van der Waals surface area contributed by atoms with E-state index in [9.17, 15) is 8.42 Å². The summed E-state index contributed by atoms with van der Waals surface area (Å²) in [5.41, 5.74) is 0.555. The number of para-hydroxylation sites is 1. The van der Waals surface area contributed by atoms with Gasteiger partial charge in [-0.3, -0.25) is 4.99 Å². The fourth-order valence-corrected chi connectivity index (χ4v) is 2.72. The van der Waals surface area contributed by atoms with Gasteiger partial charge in [0.1, 0.15) is 4.90 Å². The molecule has 0 aromatic heterocycles. The Balaban J connectivity index is 2.22. The molecule has 7 heteroatoms.